The van der Waals surface area contributed by atoms with Crippen LogP contribution >= 0.6 is 0 Å². The molecule has 0 spiro atoms. The molecule has 0 aliphatic rings. The largest absolute Gasteiger partial charge is 0.497 e. The zero-order valence-electron chi connectivity index (χ0n) is 15.0. The Labute approximate surface area is 156 Å². The standard InChI is InChI=1S/C20H19N3O4/c1-26-16-10-8-14(9-11-16)13-21-20(25)19-17(27-2)12-18(24)23(22-19)15-6-4-3-5-7-15/h3-12H,13H2,1-2H3,(H,21,25). The summed E-state index contributed by atoms with van der Waals surface area (Å²) in [6.07, 6.45) is 0. The second kappa shape index (κ2) is 8.18. The second-order valence-electron chi connectivity index (χ2n) is 5.68. The van der Waals surface area contributed by atoms with Gasteiger partial charge in [-0.25, -0.2) is 0 Å². The lowest BCUT2D eigenvalue weighted by Crippen LogP contribution is -2.29. The van der Waals surface area contributed by atoms with Crippen LogP contribution < -0.4 is 20.3 Å². The van der Waals surface area contributed by atoms with E-state index in [1.807, 2.05) is 30.3 Å². The van der Waals surface area contributed by atoms with E-state index in [1.165, 1.54) is 17.9 Å². The average Bonchev–Trinajstić information content (AvgIpc) is 2.72. The summed E-state index contributed by atoms with van der Waals surface area (Å²) in [4.78, 5) is 24.9. The van der Waals surface area contributed by atoms with Crippen molar-refractivity contribution >= 4 is 5.91 Å². The first-order valence-corrected chi connectivity index (χ1v) is 8.27. The van der Waals surface area contributed by atoms with Gasteiger partial charge >= 0.3 is 0 Å². The molecule has 0 aliphatic carbocycles. The molecule has 0 radical (unpaired) electrons. The maximum Gasteiger partial charge on any atom is 0.275 e. The monoisotopic (exact) mass is 365 g/mol. The van der Waals surface area contributed by atoms with Crippen molar-refractivity contribution in [1.82, 2.24) is 15.1 Å². The van der Waals surface area contributed by atoms with Gasteiger partial charge in [-0.1, -0.05) is 30.3 Å². The van der Waals surface area contributed by atoms with Gasteiger partial charge in [-0.2, -0.15) is 9.78 Å². The highest BCUT2D eigenvalue weighted by Gasteiger charge is 2.17. The Morgan fingerprint density at radius 2 is 1.74 bits per heavy atom. The normalized spacial score (nSPS) is 10.3. The molecule has 1 N–H and O–H groups in total. The summed E-state index contributed by atoms with van der Waals surface area (Å²) < 4.78 is 11.5. The number of nitrogens with zero attached hydrogens (tertiary/aromatic N) is 2. The van der Waals surface area contributed by atoms with E-state index < -0.39 is 5.91 Å². The minimum Gasteiger partial charge on any atom is -0.497 e. The zero-order valence-corrected chi connectivity index (χ0v) is 15.0. The lowest BCUT2D eigenvalue weighted by Gasteiger charge is -2.11. The number of amides is 1. The summed E-state index contributed by atoms with van der Waals surface area (Å²) in [6.45, 7) is 0.304. The summed E-state index contributed by atoms with van der Waals surface area (Å²) >= 11 is 0. The fourth-order valence-electron chi connectivity index (χ4n) is 2.52. The highest BCUT2D eigenvalue weighted by Crippen LogP contribution is 2.15. The molecular formula is C20H19N3O4. The van der Waals surface area contributed by atoms with Crippen molar-refractivity contribution in [2.45, 2.75) is 6.54 Å². The van der Waals surface area contributed by atoms with Crippen LogP contribution in [0.4, 0.5) is 0 Å². The van der Waals surface area contributed by atoms with Crippen molar-refractivity contribution in [2.24, 2.45) is 0 Å². The van der Waals surface area contributed by atoms with E-state index in [4.69, 9.17) is 9.47 Å². The fraction of sp³-hybridized carbons (Fsp3) is 0.150. The minimum atomic E-state index is -0.438. The molecule has 0 atom stereocenters. The first-order chi connectivity index (χ1) is 13.1. The molecule has 27 heavy (non-hydrogen) atoms. The molecule has 2 aromatic carbocycles. The van der Waals surface area contributed by atoms with Crippen LogP contribution in [0.2, 0.25) is 0 Å². The van der Waals surface area contributed by atoms with Crippen LogP contribution in [-0.4, -0.2) is 29.9 Å². The third-order valence-electron chi connectivity index (χ3n) is 3.94. The Hall–Kier alpha value is -3.61. The molecule has 0 bridgehead atoms. The summed E-state index contributed by atoms with van der Waals surface area (Å²) in [5.74, 6) is 0.426. The number of rotatable bonds is 6. The molecule has 3 aromatic rings. The minimum absolute atomic E-state index is 0.0365. The van der Waals surface area contributed by atoms with Gasteiger partial charge in [-0.3, -0.25) is 9.59 Å². The molecule has 0 aliphatic heterocycles. The lowest BCUT2D eigenvalue weighted by molar-refractivity contribution is 0.0940. The number of hydrogen-bond acceptors (Lipinski definition) is 5. The van der Waals surface area contributed by atoms with Crippen LogP contribution in [0.1, 0.15) is 16.1 Å². The predicted octanol–water partition coefficient (Wildman–Crippen LogP) is 2.18. The molecule has 0 saturated carbocycles. The van der Waals surface area contributed by atoms with Gasteiger partial charge in [0, 0.05) is 6.54 Å². The quantitative estimate of drug-likeness (QED) is 0.724. The maximum atomic E-state index is 12.6. The average molecular weight is 365 g/mol. The first-order valence-electron chi connectivity index (χ1n) is 8.27. The van der Waals surface area contributed by atoms with E-state index in [0.29, 0.717) is 12.2 Å². The zero-order chi connectivity index (χ0) is 19.2. The number of para-hydroxylation sites is 1. The van der Waals surface area contributed by atoms with Crippen molar-refractivity contribution in [3.8, 4) is 17.2 Å². The summed E-state index contributed by atoms with van der Waals surface area (Å²) in [5, 5.41) is 6.99. The second-order valence-corrected chi connectivity index (χ2v) is 5.68. The van der Waals surface area contributed by atoms with E-state index in [2.05, 4.69) is 10.4 Å². The number of benzene rings is 2. The van der Waals surface area contributed by atoms with E-state index in [0.717, 1.165) is 11.3 Å². The number of ether oxygens (including phenoxy) is 2. The summed E-state index contributed by atoms with van der Waals surface area (Å²) in [5.41, 5.74) is 1.12. The van der Waals surface area contributed by atoms with Gasteiger partial charge < -0.3 is 14.8 Å². The first kappa shape index (κ1) is 18.2. The van der Waals surface area contributed by atoms with Crippen LogP contribution in [0.5, 0.6) is 11.5 Å². The Morgan fingerprint density at radius 3 is 2.37 bits per heavy atom. The van der Waals surface area contributed by atoms with E-state index in [9.17, 15) is 9.59 Å². The van der Waals surface area contributed by atoms with Crippen molar-refractivity contribution < 1.29 is 14.3 Å². The molecule has 3 rings (SSSR count). The van der Waals surface area contributed by atoms with Crippen LogP contribution in [-0.2, 0) is 6.54 Å². The molecule has 1 amide bonds. The van der Waals surface area contributed by atoms with E-state index in [-0.39, 0.29) is 17.0 Å². The molecule has 0 saturated heterocycles. The number of nitrogens with one attached hydrogen (secondary N) is 1. The SMILES string of the molecule is COc1ccc(CNC(=O)c2nn(-c3ccccc3)c(=O)cc2OC)cc1. The van der Waals surface area contributed by atoms with Crippen LogP contribution in [0.3, 0.4) is 0 Å². The Bertz CT molecular complexity index is 982. The van der Waals surface area contributed by atoms with E-state index >= 15 is 0 Å². The molecule has 1 heterocycles. The van der Waals surface area contributed by atoms with Gasteiger partial charge in [0.1, 0.15) is 5.75 Å². The van der Waals surface area contributed by atoms with Crippen molar-refractivity contribution in [3.63, 3.8) is 0 Å². The van der Waals surface area contributed by atoms with Gasteiger partial charge in [0.2, 0.25) is 0 Å². The van der Waals surface area contributed by atoms with Gasteiger partial charge in [-0.15, -0.1) is 0 Å². The molecule has 138 valence electrons. The van der Waals surface area contributed by atoms with Gasteiger partial charge in [-0.05, 0) is 29.8 Å². The molecule has 7 heteroatoms. The maximum absolute atomic E-state index is 12.6. The summed E-state index contributed by atoms with van der Waals surface area (Å²) in [6, 6.07) is 17.5. The van der Waals surface area contributed by atoms with Gasteiger partial charge in [0.05, 0.1) is 26.0 Å². The number of aromatic nitrogens is 2. The van der Waals surface area contributed by atoms with Crippen LogP contribution in [0, 0.1) is 0 Å². The van der Waals surface area contributed by atoms with Crippen molar-refractivity contribution in [3.05, 3.63) is 82.3 Å². The lowest BCUT2D eigenvalue weighted by atomic mass is 10.2. The predicted molar refractivity (Wildman–Crippen MR) is 101 cm³/mol. The molecule has 0 fully saturated rings. The van der Waals surface area contributed by atoms with Crippen molar-refractivity contribution in [2.75, 3.05) is 14.2 Å². The van der Waals surface area contributed by atoms with E-state index in [1.54, 1.807) is 31.4 Å². The fourth-order valence-corrected chi connectivity index (χ4v) is 2.52. The highest BCUT2D eigenvalue weighted by molar-refractivity contribution is 5.94. The van der Waals surface area contributed by atoms with Crippen LogP contribution in [0.25, 0.3) is 5.69 Å². The third kappa shape index (κ3) is 4.14. The molecular weight excluding hydrogens is 346 g/mol. The number of carbonyl (C=O) groups is 1. The Morgan fingerprint density at radius 1 is 1.04 bits per heavy atom. The molecule has 7 nitrogen and oxygen atoms in total. The topological polar surface area (TPSA) is 82.5 Å². The van der Waals surface area contributed by atoms with Crippen molar-refractivity contribution in [1.29, 1.82) is 0 Å². The van der Waals surface area contributed by atoms with Gasteiger partial charge in [0.15, 0.2) is 11.4 Å². The number of carbonyl (C=O) groups excluding carboxylic acids is 1. The smallest absolute Gasteiger partial charge is 0.275 e. The molecule has 0 unspecified atom stereocenters. The summed E-state index contributed by atoms with van der Waals surface area (Å²) in [7, 11) is 2.99. The van der Waals surface area contributed by atoms with Gasteiger partial charge in [0.25, 0.3) is 11.5 Å². The number of hydrogen-bond donors (Lipinski definition) is 1. The third-order valence-corrected chi connectivity index (χ3v) is 3.94. The Balaban J connectivity index is 1.85. The molecule has 1 aromatic heterocycles. The highest BCUT2D eigenvalue weighted by atomic mass is 16.5. The Kier molecular flexibility index (Phi) is 5.51. The number of methoxy groups -OCH3 is 2. The van der Waals surface area contributed by atoms with Crippen LogP contribution in [0.15, 0.2) is 65.5 Å².